The van der Waals surface area contributed by atoms with Gasteiger partial charge in [0.1, 0.15) is 0 Å². The minimum atomic E-state index is 0.555. The first kappa shape index (κ1) is 20.3. The van der Waals surface area contributed by atoms with Gasteiger partial charge in [-0.2, -0.15) is 0 Å². The molecular formula is C21H39N2Se. The van der Waals surface area contributed by atoms with Crippen molar-refractivity contribution in [3.8, 4) is 0 Å². The summed E-state index contributed by atoms with van der Waals surface area (Å²) in [6.45, 7) is 14.4. The van der Waals surface area contributed by atoms with Crippen LogP contribution in [-0.2, 0) is 0 Å². The molecule has 2 rings (SSSR count). The molecule has 2 aliphatic carbocycles. The SMILES string of the molecule is CC1CCC(C(C)C)C(N(C(=N)[Se])C2CC(C)CCC2C(C)C)C1. The topological polar surface area (TPSA) is 27.1 Å². The Balaban J connectivity index is 2.32. The van der Waals surface area contributed by atoms with E-state index in [1.807, 2.05) is 0 Å². The predicted molar refractivity (Wildman–Crippen MR) is 106 cm³/mol. The van der Waals surface area contributed by atoms with Gasteiger partial charge in [-0.05, 0) is 0 Å². The van der Waals surface area contributed by atoms with Crippen molar-refractivity contribution < 1.29 is 0 Å². The van der Waals surface area contributed by atoms with E-state index in [1.165, 1.54) is 38.5 Å². The van der Waals surface area contributed by atoms with Crippen LogP contribution in [0.4, 0.5) is 0 Å². The molecule has 2 fully saturated rings. The van der Waals surface area contributed by atoms with E-state index in [-0.39, 0.29) is 0 Å². The molecule has 1 N–H and O–H groups in total. The van der Waals surface area contributed by atoms with E-state index < -0.39 is 0 Å². The zero-order valence-electron chi connectivity index (χ0n) is 16.7. The first-order chi connectivity index (χ1) is 11.2. The first-order valence-corrected chi connectivity index (χ1v) is 11.1. The number of rotatable bonds is 4. The monoisotopic (exact) mass is 399 g/mol. The Hall–Kier alpha value is -0.0105. The van der Waals surface area contributed by atoms with Gasteiger partial charge in [0.2, 0.25) is 0 Å². The Labute approximate surface area is 158 Å². The maximum absolute atomic E-state index is 8.59. The molecule has 3 heteroatoms. The van der Waals surface area contributed by atoms with Crippen LogP contribution in [0.2, 0.25) is 0 Å². The van der Waals surface area contributed by atoms with Crippen LogP contribution < -0.4 is 0 Å². The average Bonchev–Trinajstić information content (AvgIpc) is 2.46. The van der Waals surface area contributed by atoms with Gasteiger partial charge in [-0.25, -0.2) is 0 Å². The second-order valence-electron chi connectivity index (χ2n) is 9.50. The van der Waals surface area contributed by atoms with Gasteiger partial charge >= 0.3 is 159 Å². The number of hydrogen-bond acceptors (Lipinski definition) is 1. The number of nitrogens with one attached hydrogen (secondary N) is 1. The van der Waals surface area contributed by atoms with Crippen LogP contribution in [0.5, 0.6) is 0 Å². The fourth-order valence-electron chi connectivity index (χ4n) is 5.49. The predicted octanol–water partition coefficient (Wildman–Crippen LogP) is 5.31. The molecule has 0 aromatic heterocycles. The fraction of sp³-hybridized carbons (Fsp3) is 0.952. The van der Waals surface area contributed by atoms with E-state index in [4.69, 9.17) is 5.41 Å². The van der Waals surface area contributed by atoms with E-state index in [0.29, 0.717) is 28.7 Å². The van der Waals surface area contributed by atoms with Crippen LogP contribution in [0.25, 0.3) is 0 Å². The molecule has 1 radical (unpaired) electrons. The van der Waals surface area contributed by atoms with E-state index >= 15 is 0 Å². The summed E-state index contributed by atoms with van der Waals surface area (Å²) in [7, 11) is 0. The van der Waals surface area contributed by atoms with Gasteiger partial charge in [0.25, 0.3) is 0 Å². The standard InChI is InChI=1S/C21H39N2Se/c1-13(2)17-9-7-15(5)11-19(17)23(21(22)24)20-12-16(6)8-10-18(20)14(3)4/h13-20,22H,7-12H2,1-6H3. The van der Waals surface area contributed by atoms with Crippen molar-refractivity contribution in [2.75, 3.05) is 0 Å². The van der Waals surface area contributed by atoms with Crippen LogP contribution in [0.1, 0.15) is 80.1 Å². The Morgan fingerprint density at radius 2 is 1.21 bits per heavy atom. The van der Waals surface area contributed by atoms with Gasteiger partial charge in [-0.15, -0.1) is 0 Å². The molecule has 2 nitrogen and oxygen atoms in total. The Bertz CT molecular complexity index is 388. The molecule has 0 amide bonds. The molecule has 0 aliphatic heterocycles. The van der Waals surface area contributed by atoms with Gasteiger partial charge < -0.3 is 0 Å². The van der Waals surface area contributed by atoms with Crippen LogP contribution >= 0.6 is 0 Å². The molecular weight excluding hydrogens is 359 g/mol. The molecule has 0 bridgehead atoms. The molecule has 2 saturated carbocycles. The van der Waals surface area contributed by atoms with Gasteiger partial charge in [0.15, 0.2) is 0 Å². The van der Waals surface area contributed by atoms with Crippen molar-refractivity contribution >= 4 is 20.7 Å². The molecule has 6 atom stereocenters. The second kappa shape index (κ2) is 8.58. The fourth-order valence-corrected chi connectivity index (χ4v) is 6.06. The summed E-state index contributed by atoms with van der Waals surface area (Å²) in [6.07, 6.45) is 7.93. The van der Waals surface area contributed by atoms with Crippen molar-refractivity contribution in [3.63, 3.8) is 0 Å². The summed E-state index contributed by atoms with van der Waals surface area (Å²) in [5, 5.41) is 8.59. The zero-order valence-corrected chi connectivity index (χ0v) is 18.4. The molecule has 6 unspecified atom stereocenters. The Morgan fingerprint density at radius 1 is 0.833 bits per heavy atom. The molecule has 139 valence electrons. The zero-order chi connectivity index (χ0) is 18.0. The molecule has 0 aromatic rings. The van der Waals surface area contributed by atoms with Crippen LogP contribution in [0, 0.1) is 40.9 Å². The van der Waals surface area contributed by atoms with E-state index in [0.717, 1.165) is 23.7 Å². The van der Waals surface area contributed by atoms with Gasteiger partial charge in [0.05, 0.1) is 0 Å². The maximum atomic E-state index is 8.59. The van der Waals surface area contributed by atoms with Crippen molar-refractivity contribution in [3.05, 3.63) is 0 Å². The van der Waals surface area contributed by atoms with E-state index in [2.05, 4.69) is 62.5 Å². The third-order valence-corrected chi connectivity index (χ3v) is 7.37. The Kier molecular flexibility index (Phi) is 7.26. The van der Waals surface area contributed by atoms with Crippen molar-refractivity contribution in [1.29, 1.82) is 5.41 Å². The van der Waals surface area contributed by atoms with Crippen LogP contribution in [0.15, 0.2) is 0 Å². The molecule has 24 heavy (non-hydrogen) atoms. The van der Waals surface area contributed by atoms with Crippen molar-refractivity contribution in [1.82, 2.24) is 4.90 Å². The van der Waals surface area contributed by atoms with Gasteiger partial charge in [-0.3, -0.25) is 0 Å². The van der Waals surface area contributed by atoms with Crippen molar-refractivity contribution in [2.45, 2.75) is 92.2 Å². The number of amidine groups is 1. The third kappa shape index (κ3) is 4.58. The van der Waals surface area contributed by atoms with Crippen LogP contribution in [0.3, 0.4) is 0 Å². The number of nitrogens with zero attached hydrogens (tertiary/aromatic N) is 1. The Morgan fingerprint density at radius 3 is 1.50 bits per heavy atom. The molecule has 2 aliphatic rings. The quantitative estimate of drug-likeness (QED) is 0.388. The van der Waals surface area contributed by atoms with Gasteiger partial charge in [0, 0.05) is 0 Å². The van der Waals surface area contributed by atoms with Crippen molar-refractivity contribution in [2.24, 2.45) is 35.5 Å². The summed E-state index contributed by atoms with van der Waals surface area (Å²) in [5.41, 5.74) is 0. The molecule has 0 spiro atoms. The van der Waals surface area contributed by atoms with Gasteiger partial charge in [-0.1, -0.05) is 0 Å². The number of hydrogen-bond donors (Lipinski definition) is 1. The summed E-state index contributed by atoms with van der Waals surface area (Å²) < 4.78 is 0.699. The molecule has 0 aromatic carbocycles. The summed E-state index contributed by atoms with van der Waals surface area (Å²) in [5.74, 6) is 4.49. The molecule has 0 saturated heterocycles. The van der Waals surface area contributed by atoms with Crippen LogP contribution in [-0.4, -0.2) is 37.7 Å². The third-order valence-electron chi connectivity index (χ3n) is 6.92. The average molecular weight is 399 g/mol. The summed E-state index contributed by atoms with van der Waals surface area (Å²) in [4.78, 5) is 2.56. The minimum absolute atomic E-state index is 0.555. The summed E-state index contributed by atoms with van der Waals surface area (Å²) >= 11 is 3.09. The second-order valence-corrected chi connectivity index (χ2v) is 10.3. The molecule has 0 heterocycles. The first-order valence-electron chi connectivity index (χ1n) is 10.3. The van der Waals surface area contributed by atoms with E-state index in [1.54, 1.807) is 0 Å². The normalized spacial score (nSPS) is 37.7. The summed E-state index contributed by atoms with van der Waals surface area (Å²) in [6, 6.07) is 1.11. The van der Waals surface area contributed by atoms with E-state index in [9.17, 15) is 0 Å².